The number of halogens is 4. The topological polar surface area (TPSA) is 32.8 Å². The minimum absolute atomic E-state index is 0.0520. The monoisotopic (exact) mass is 488 g/mol. The molecule has 178 valence electrons. The molecule has 1 fully saturated rings. The van der Waals surface area contributed by atoms with Gasteiger partial charge in [0.05, 0.1) is 5.56 Å². The number of carbonyl (C=O) groups excluding carboxylic acids is 1. The van der Waals surface area contributed by atoms with Gasteiger partial charge in [0, 0.05) is 43.3 Å². The van der Waals surface area contributed by atoms with Crippen LogP contribution in [0.1, 0.15) is 27.0 Å². The van der Waals surface area contributed by atoms with E-state index < -0.39 is 11.7 Å². The summed E-state index contributed by atoms with van der Waals surface area (Å²) in [6, 6.07) is 19.8. The van der Waals surface area contributed by atoms with Gasteiger partial charge in [-0.15, -0.1) is 0 Å². The van der Waals surface area contributed by atoms with Gasteiger partial charge in [0.2, 0.25) is 0 Å². The lowest BCUT2D eigenvalue weighted by Gasteiger charge is -2.35. The predicted molar refractivity (Wildman–Crippen MR) is 125 cm³/mol. The maximum atomic E-state index is 12.9. The average Bonchev–Trinajstić information content (AvgIpc) is 2.84. The van der Waals surface area contributed by atoms with Gasteiger partial charge in [-0.3, -0.25) is 9.69 Å². The lowest BCUT2D eigenvalue weighted by atomic mass is 10.1. The Kier molecular flexibility index (Phi) is 7.44. The summed E-state index contributed by atoms with van der Waals surface area (Å²) in [7, 11) is 0. The van der Waals surface area contributed by atoms with E-state index in [2.05, 4.69) is 4.90 Å². The second kappa shape index (κ2) is 10.5. The van der Waals surface area contributed by atoms with Crippen LogP contribution < -0.4 is 4.74 Å². The third kappa shape index (κ3) is 6.30. The van der Waals surface area contributed by atoms with E-state index in [1.165, 1.54) is 12.1 Å². The smallest absolute Gasteiger partial charge is 0.416 e. The Morgan fingerprint density at radius 3 is 2.21 bits per heavy atom. The zero-order chi connectivity index (χ0) is 24.1. The fraction of sp³-hybridized carbons (Fsp3) is 0.269. The zero-order valence-electron chi connectivity index (χ0n) is 18.4. The molecule has 0 atom stereocenters. The Morgan fingerprint density at radius 2 is 1.56 bits per heavy atom. The molecule has 4 nitrogen and oxygen atoms in total. The van der Waals surface area contributed by atoms with Gasteiger partial charge in [0.25, 0.3) is 5.91 Å². The number of benzene rings is 3. The van der Waals surface area contributed by atoms with Crippen molar-refractivity contribution in [3.63, 3.8) is 0 Å². The molecule has 1 heterocycles. The fourth-order valence-corrected chi connectivity index (χ4v) is 3.96. The molecule has 3 aromatic rings. The van der Waals surface area contributed by atoms with Gasteiger partial charge in [-0.05, 0) is 53.6 Å². The third-order valence-corrected chi connectivity index (χ3v) is 5.99. The summed E-state index contributed by atoms with van der Waals surface area (Å²) in [6.45, 7) is 3.07. The van der Waals surface area contributed by atoms with Crippen LogP contribution in [0.5, 0.6) is 5.75 Å². The van der Waals surface area contributed by atoms with E-state index in [0.717, 1.165) is 11.6 Å². The highest BCUT2D eigenvalue weighted by molar-refractivity contribution is 6.30. The highest BCUT2D eigenvalue weighted by atomic mass is 35.5. The van der Waals surface area contributed by atoms with Gasteiger partial charge in [-0.2, -0.15) is 13.2 Å². The summed E-state index contributed by atoms with van der Waals surface area (Å²) in [5, 5.41) is 0.645. The molecule has 4 rings (SSSR count). The number of rotatable bonds is 6. The molecule has 0 saturated carbocycles. The Hall–Kier alpha value is -3.03. The van der Waals surface area contributed by atoms with Crippen LogP contribution in [-0.4, -0.2) is 41.9 Å². The number of amides is 1. The number of hydrogen-bond donors (Lipinski definition) is 0. The summed E-state index contributed by atoms with van der Waals surface area (Å²) >= 11 is 5.87. The number of hydrogen-bond acceptors (Lipinski definition) is 3. The minimum Gasteiger partial charge on any atom is -0.489 e. The molecule has 0 aromatic heterocycles. The predicted octanol–water partition coefficient (Wildman–Crippen LogP) is 5.90. The Bertz CT molecular complexity index is 1110. The van der Waals surface area contributed by atoms with E-state index in [4.69, 9.17) is 16.3 Å². The average molecular weight is 489 g/mol. The third-order valence-electron chi connectivity index (χ3n) is 5.74. The first-order valence-electron chi connectivity index (χ1n) is 10.9. The maximum absolute atomic E-state index is 12.9. The molecule has 0 bridgehead atoms. The molecule has 1 aliphatic rings. The molecule has 8 heteroatoms. The molecule has 0 radical (unpaired) electrons. The second-order valence-corrected chi connectivity index (χ2v) is 8.64. The molecule has 1 saturated heterocycles. The molecular formula is C26H24ClF3N2O2. The van der Waals surface area contributed by atoms with Crippen molar-refractivity contribution in [1.82, 2.24) is 9.80 Å². The SMILES string of the molecule is O=C(c1ccc(COc2ccc(Cl)cc2)cc1)N1CCN(Cc2cccc(C(F)(F)F)c2)CC1. The van der Waals surface area contributed by atoms with Gasteiger partial charge < -0.3 is 9.64 Å². The summed E-state index contributed by atoms with van der Waals surface area (Å²) in [5.41, 5.74) is 1.52. The molecular weight excluding hydrogens is 465 g/mol. The van der Waals surface area contributed by atoms with Crippen LogP contribution in [-0.2, 0) is 19.3 Å². The van der Waals surface area contributed by atoms with E-state index in [1.54, 1.807) is 47.4 Å². The van der Waals surface area contributed by atoms with Crippen LogP contribution in [0, 0.1) is 0 Å². The van der Waals surface area contributed by atoms with Crippen molar-refractivity contribution in [3.05, 3.63) is 100 Å². The van der Waals surface area contributed by atoms with Crippen molar-refractivity contribution in [2.24, 2.45) is 0 Å². The highest BCUT2D eigenvalue weighted by Gasteiger charge is 2.30. The van der Waals surface area contributed by atoms with E-state index in [-0.39, 0.29) is 5.91 Å². The van der Waals surface area contributed by atoms with Crippen molar-refractivity contribution in [3.8, 4) is 5.75 Å². The lowest BCUT2D eigenvalue weighted by Crippen LogP contribution is -2.48. The largest absolute Gasteiger partial charge is 0.489 e. The minimum atomic E-state index is -4.35. The summed E-state index contributed by atoms with van der Waals surface area (Å²) in [4.78, 5) is 16.7. The molecule has 1 amide bonds. The zero-order valence-corrected chi connectivity index (χ0v) is 19.1. The van der Waals surface area contributed by atoms with Crippen LogP contribution in [0.2, 0.25) is 5.02 Å². The first-order valence-corrected chi connectivity index (χ1v) is 11.3. The van der Waals surface area contributed by atoms with E-state index in [1.807, 2.05) is 12.1 Å². The van der Waals surface area contributed by atoms with Gasteiger partial charge in [0.1, 0.15) is 12.4 Å². The van der Waals surface area contributed by atoms with Gasteiger partial charge in [-0.1, -0.05) is 41.9 Å². The number of ether oxygens (including phenoxy) is 1. The highest BCUT2D eigenvalue weighted by Crippen LogP contribution is 2.30. The van der Waals surface area contributed by atoms with E-state index in [9.17, 15) is 18.0 Å². The van der Waals surface area contributed by atoms with Crippen molar-refractivity contribution in [1.29, 1.82) is 0 Å². The summed E-state index contributed by atoms with van der Waals surface area (Å²) < 4.78 is 44.5. The fourth-order valence-electron chi connectivity index (χ4n) is 3.84. The molecule has 3 aromatic carbocycles. The van der Waals surface area contributed by atoms with Crippen molar-refractivity contribution in [2.75, 3.05) is 26.2 Å². The summed E-state index contributed by atoms with van der Waals surface area (Å²) in [5.74, 6) is 0.663. The summed E-state index contributed by atoms with van der Waals surface area (Å²) in [6.07, 6.45) is -4.35. The first-order chi connectivity index (χ1) is 16.3. The Labute approximate surface area is 201 Å². The molecule has 0 N–H and O–H groups in total. The van der Waals surface area contributed by atoms with Crippen LogP contribution >= 0.6 is 11.6 Å². The molecule has 0 unspecified atom stereocenters. The van der Waals surface area contributed by atoms with Crippen molar-refractivity contribution in [2.45, 2.75) is 19.3 Å². The second-order valence-electron chi connectivity index (χ2n) is 8.21. The Balaban J connectivity index is 1.27. The van der Waals surface area contributed by atoms with Crippen LogP contribution in [0.15, 0.2) is 72.8 Å². The van der Waals surface area contributed by atoms with Gasteiger partial charge in [0.15, 0.2) is 0 Å². The van der Waals surface area contributed by atoms with Crippen molar-refractivity contribution < 1.29 is 22.7 Å². The molecule has 1 aliphatic heterocycles. The number of piperazine rings is 1. The Morgan fingerprint density at radius 1 is 0.882 bits per heavy atom. The number of nitrogens with zero attached hydrogens (tertiary/aromatic N) is 2. The van der Waals surface area contributed by atoms with E-state index in [0.29, 0.717) is 61.2 Å². The standard InChI is InChI=1S/C26H24ClF3N2O2/c27-23-8-10-24(11-9-23)34-18-19-4-6-21(7-5-19)25(33)32-14-12-31(13-15-32)17-20-2-1-3-22(16-20)26(28,29)30/h1-11,16H,12-15,17-18H2. The molecule has 34 heavy (non-hydrogen) atoms. The van der Waals surface area contributed by atoms with Crippen molar-refractivity contribution >= 4 is 17.5 Å². The van der Waals surface area contributed by atoms with Crippen LogP contribution in [0.25, 0.3) is 0 Å². The molecule has 0 aliphatic carbocycles. The number of alkyl halides is 3. The normalized spacial score (nSPS) is 14.8. The quantitative estimate of drug-likeness (QED) is 0.433. The van der Waals surface area contributed by atoms with Gasteiger partial charge in [-0.25, -0.2) is 0 Å². The maximum Gasteiger partial charge on any atom is 0.416 e. The van der Waals surface area contributed by atoms with Gasteiger partial charge >= 0.3 is 6.18 Å². The first kappa shape index (κ1) is 24.1. The van der Waals surface area contributed by atoms with Crippen LogP contribution in [0.4, 0.5) is 13.2 Å². The van der Waals surface area contributed by atoms with E-state index >= 15 is 0 Å². The number of carbonyl (C=O) groups is 1. The molecule has 0 spiro atoms. The van der Waals surface area contributed by atoms with Crippen LogP contribution in [0.3, 0.4) is 0 Å². The lowest BCUT2D eigenvalue weighted by molar-refractivity contribution is -0.137.